The fourth-order valence-corrected chi connectivity index (χ4v) is 3.62. The van der Waals surface area contributed by atoms with E-state index >= 15 is 0 Å². The van der Waals surface area contributed by atoms with Crippen LogP contribution in [0.2, 0.25) is 0 Å². The lowest BCUT2D eigenvalue weighted by atomic mass is 9.99. The van der Waals surface area contributed by atoms with E-state index in [1.54, 1.807) is 0 Å². The van der Waals surface area contributed by atoms with Crippen molar-refractivity contribution < 1.29 is 4.21 Å². The van der Waals surface area contributed by atoms with Gasteiger partial charge in [-0.3, -0.25) is 0 Å². The maximum Gasteiger partial charge on any atom is 0.124 e. The van der Waals surface area contributed by atoms with Crippen LogP contribution in [0.5, 0.6) is 0 Å². The Morgan fingerprint density at radius 1 is 1.09 bits per heavy atom. The molecule has 1 heterocycles. The standard InChI is InChI=1S/C16H20N2OS.C2H6/c19-20(18-12-13-7-9-17-10-8-13)16-6-5-14-3-1-2-4-15(14)11-16;1-2/h1-6,11,13,17-18H,7-10,12H2;1-2H3. The molecule has 0 spiro atoms. The molecule has 1 aliphatic rings. The maximum atomic E-state index is 12.3. The number of benzene rings is 2. The molecule has 1 saturated heterocycles. The second-order valence-corrected chi connectivity index (χ2v) is 6.62. The Bertz CT molecular complexity index is 609. The van der Waals surface area contributed by atoms with Crippen LogP contribution in [0, 0.1) is 5.92 Å². The highest BCUT2D eigenvalue weighted by Crippen LogP contribution is 2.18. The summed E-state index contributed by atoms with van der Waals surface area (Å²) in [6, 6.07) is 14.2. The summed E-state index contributed by atoms with van der Waals surface area (Å²) in [6.45, 7) is 6.99. The molecule has 3 nitrogen and oxygen atoms in total. The van der Waals surface area contributed by atoms with Crippen molar-refractivity contribution in [2.24, 2.45) is 5.92 Å². The average Bonchev–Trinajstić information content (AvgIpc) is 2.62. The van der Waals surface area contributed by atoms with E-state index in [1.165, 1.54) is 18.2 Å². The number of nitrogens with one attached hydrogen (secondary N) is 2. The Morgan fingerprint density at radius 2 is 1.77 bits per heavy atom. The summed E-state index contributed by atoms with van der Waals surface area (Å²) < 4.78 is 15.5. The van der Waals surface area contributed by atoms with Gasteiger partial charge in [0.25, 0.3) is 0 Å². The van der Waals surface area contributed by atoms with E-state index in [9.17, 15) is 4.21 Å². The Hall–Kier alpha value is -1.23. The first-order valence-electron chi connectivity index (χ1n) is 8.18. The highest BCUT2D eigenvalue weighted by molar-refractivity contribution is 7.83. The minimum atomic E-state index is -1.11. The maximum absolute atomic E-state index is 12.3. The minimum Gasteiger partial charge on any atom is -0.317 e. The van der Waals surface area contributed by atoms with Gasteiger partial charge in [-0.05, 0) is 54.8 Å². The van der Waals surface area contributed by atoms with Crippen molar-refractivity contribution in [1.82, 2.24) is 10.0 Å². The van der Waals surface area contributed by atoms with Gasteiger partial charge in [-0.15, -0.1) is 0 Å². The quantitative estimate of drug-likeness (QED) is 0.906. The van der Waals surface area contributed by atoms with Gasteiger partial charge in [-0.25, -0.2) is 8.93 Å². The predicted molar refractivity (Wildman–Crippen MR) is 95.3 cm³/mol. The van der Waals surface area contributed by atoms with Gasteiger partial charge in [0.1, 0.15) is 11.0 Å². The van der Waals surface area contributed by atoms with Crippen LogP contribution < -0.4 is 10.0 Å². The molecular formula is C18H26N2OS. The van der Waals surface area contributed by atoms with Crippen LogP contribution in [0.25, 0.3) is 10.8 Å². The zero-order chi connectivity index (χ0) is 15.8. The van der Waals surface area contributed by atoms with Crippen LogP contribution in [0.3, 0.4) is 0 Å². The topological polar surface area (TPSA) is 41.1 Å². The summed E-state index contributed by atoms with van der Waals surface area (Å²) in [4.78, 5) is 0.859. The van der Waals surface area contributed by atoms with Crippen molar-refractivity contribution in [2.45, 2.75) is 31.6 Å². The molecular weight excluding hydrogens is 292 g/mol. The molecule has 22 heavy (non-hydrogen) atoms. The molecule has 4 heteroatoms. The molecule has 1 atom stereocenters. The third-order valence-electron chi connectivity index (χ3n) is 3.90. The molecule has 0 radical (unpaired) electrons. The van der Waals surface area contributed by atoms with Crippen LogP contribution in [-0.2, 0) is 11.0 Å². The molecule has 2 N–H and O–H groups in total. The fraction of sp³-hybridized carbons (Fsp3) is 0.444. The number of rotatable bonds is 4. The lowest BCUT2D eigenvalue weighted by Crippen LogP contribution is -2.34. The van der Waals surface area contributed by atoms with Crippen LogP contribution >= 0.6 is 0 Å². The third-order valence-corrected chi connectivity index (χ3v) is 5.01. The lowest BCUT2D eigenvalue weighted by molar-refractivity contribution is 0.374. The fourth-order valence-electron chi connectivity index (χ4n) is 2.65. The van der Waals surface area contributed by atoms with Gasteiger partial charge in [0.05, 0.1) is 4.90 Å². The Labute approximate surface area is 136 Å². The molecule has 0 amide bonds. The molecule has 1 unspecified atom stereocenters. The molecule has 0 aliphatic carbocycles. The smallest absolute Gasteiger partial charge is 0.124 e. The largest absolute Gasteiger partial charge is 0.317 e. The van der Waals surface area contributed by atoms with E-state index in [2.05, 4.69) is 22.2 Å². The SMILES string of the molecule is CC.O=S(NCC1CCNCC1)c1ccc2ccccc2c1. The zero-order valence-electron chi connectivity index (χ0n) is 13.5. The highest BCUT2D eigenvalue weighted by atomic mass is 32.2. The van der Waals surface area contributed by atoms with E-state index < -0.39 is 11.0 Å². The first kappa shape index (κ1) is 17.1. The van der Waals surface area contributed by atoms with Crippen molar-refractivity contribution in [3.8, 4) is 0 Å². The third kappa shape index (κ3) is 4.63. The van der Waals surface area contributed by atoms with E-state index in [0.717, 1.165) is 29.9 Å². The number of hydrogen-bond donors (Lipinski definition) is 2. The molecule has 1 fully saturated rings. The summed E-state index contributed by atoms with van der Waals surface area (Å²) in [5.74, 6) is 0.639. The van der Waals surface area contributed by atoms with Crippen molar-refractivity contribution in [1.29, 1.82) is 0 Å². The Kier molecular flexibility index (Phi) is 7.03. The predicted octanol–water partition coefficient (Wildman–Crippen LogP) is 3.48. The summed E-state index contributed by atoms with van der Waals surface area (Å²) in [5, 5.41) is 5.68. The van der Waals surface area contributed by atoms with Gasteiger partial charge in [0, 0.05) is 6.54 Å². The average molecular weight is 318 g/mol. The number of fused-ring (bicyclic) bond motifs is 1. The van der Waals surface area contributed by atoms with Gasteiger partial charge >= 0.3 is 0 Å². The van der Waals surface area contributed by atoms with Gasteiger partial charge in [-0.2, -0.15) is 0 Å². The first-order chi connectivity index (χ1) is 10.8. The van der Waals surface area contributed by atoms with Crippen molar-refractivity contribution in [3.05, 3.63) is 42.5 Å². The zero-order valence-corrected chi connectivity index (χ0v) is 14.3. The van der Waals surface area contributed by atoms with Crippen molar-refractivity contribution in [3.63, 3.8) is 0 Å². The molecule has 2 aromatic rings. The first-order valence-corrected chi connectivity index (χ1v) is 9.33. The monoisotopic (exact) mass is 318 g/mol. The van der Waals surface area contributed by atoms with Crippen molar-refractivity contribution >= 4 is 21.8 Å². The lowest BCUT2D eigenvalue weighted by Gasteiger charge is -2.22. The molecule has 3 rings (SSSR count). The molecule has 1 aliphatic heterocycles. The molecule has 120 valence electrons. The minimum absolute atomic E-state index is 0.639. The second kappa shape index (κ2) is 9.03. The Balaban J connectivity index is 0.000000847. The van der Waals surface area contributed by atoms with Gasteiger partial charge in [-0.1, -0.05) is 44.2 Å². The second-order valence-electron chi connectivity index (χ2n) is 5.32. The highest BCUT2D eigenvalue weighted by Gasteiger charge is 2.14. The molecule has 0 bridgehead atoms. The van der Waals surface area contributed by atoms with Crippen LogP contribution in [-0.4, -0.2) is 23.8 Å². The van der Waals surface area contributed by atoms with Gasteiger partial charge in [0.15, 0.2) is 0 Å². The van der Waals surface area contributed by atoms with E-state index in [-0.39, 0.29) is 0 Å². The van der Waals surface area contributed by atoms with Crippen LogP contribution in [0.4, 0.5) is 0 Å². The molecule has 0 saturated carbocycles. The normalized spacial score (nSPS) is 16.8. The summed E-state index contributed by atoms with van der Waals surface area (Å²) in [7, 11) is -1.11. The van der Waals surface area contributed by atoms with E-state index in [4.69, 9.17) is 0 Å². The molecule has 0 aromatic heterocycles. The summed E-state index contributed by atoms with van der Waals surface area (Å²) in [5.41, 5.74) is 0. The van der Waals surface area contributed by atoms with Crippen LogP contribution in [0.15, 0.2) is 47.4 Å². The van der Waals surface area contributed by atoms with Crippen LogP contribution in [0.1, 0.15) is 26.7 Å². The van der Waals surface area contributed by atoms with E-state index in [0.29, 0.717) is 5.92 Å². The van der Waals surface area contributed by atoms with Crippen molar-refractivity contribution in [2.75, 3.05) is 19.6 Å². The van der Waals surface area contributed by atoms with E-state index in [1.807, 2.05) is 44.2 Å². The summed E-state index contributed by atoms with van der Waals surface area (Å²) in [6.07, 6.45) is 2.34. The van der Waals surface area contributed by atoms with Gasteiger partial charge in [0.2, 0.25) is 0 Å². The number of piperidine rings is 1. The summed E-state index contributed by atoms with van der Waals surface area (Å²) >= 11 is 0. The Morgan fingerprint density at radius 3 is 2.50 bits per heavy atom. The number of hydrogen-bond acceptors (Lipinski definition) is 2. The molecule has 2 aromatic carbocycles. The van der Waals surface area contributed by atoms with Gasteiger partial charge < -0.3 is 5.32 Å².